The number of hydrogen-bond acceptors (Lipinski definition) is 3. The van der Waals surface area contributed by atoms with Gasteiger partial charge in [0.15, 0.2) is 0 Å². The molecule has 0 rings (SSSR count). The van der Waals surface area contributed by atoms with Gasteiger partial charge in [0, 0.05) is 0 Å². The molecule has 0 aromatic heterocycles. The van der Waals surface area contributed by atoms with Crippen molar-refractivity contribution in [1.29, 1.82) is 0 Å². The minimum absolute atomic E-state index is 0. The monoisotopic (exact) mass is 278 g/mol. The molecule has 3 nitrogen and oxygen atoms in total. The Balaban J connectivity index is -0.00000000167. The van der Waals surface area contributed by atoms with E-state index < -0.39 is 0 Å². The van der Waals surface area contributed by atoms with Crippen molar-refractivity contribution in [3.8, 4) is 0 Å². The van der Waals surface area contributed by atoms with Gasteiger partial charge in [-0.05, 0) is 0 Å². The van der Waals surface area contributed by atoms with Crippen molar-refractivity contribution >= 4 is 0 Å². The van der Waals surface area contributed by atoms with E-state index in [4.69, 9.17) is 22.5 Å². The van der Waals surface area contributed by atoms with Crippen molar-refractivity contribution in [3.63, 3.8) is 0 Å². The quantitative estimate of drug-likeness (QED) is 0.630. The standard InChI is InChI=1S/2FHO.5FH.O.Zr/c2*1-2;;;;;;;/h2*2H;5*1H;;. The molecule has 0 saturated carbocycles. The Morgan fingerprint density at radius 1 is 0.636 bits per heavy atom. The zero-order valence-corrected chi connectivity index (χ0v) is 7.06. The van der Waals surface area contributed by atoms with Crippen molar-refractivity contribution in [2.45, 2.75) is 0 Å². The summed E-state index contributed by atoms with van der Waals surface area (Å²) in [6, 6.07) is 0. The number of rotatable bonds is 0. The van der Waals surface area contributed by atoms with E-state index in [-0.39, 0.29) is 23.5 Å². The van der Waals surface area contributed by atoms with E-state index in [2.05, 4.69) is 0 Å². The van der Waals surface area contributed by atoms with Crippen LogP contribution in [0.5, 0.6) is 0 Å². The van der Waals surface area contributed by atoms with Crippen LogP contribution < -0.4 is 0 Å². The minimum atomic E-state index is 0. The first kappa shape index (κ1) is 117. The van der Waals surface area contributed by atoms with Gasteiger partial charge in [-0.25, -0.2) is 10.6 Å². The average molecular weight is 279 g/mol. The summed E-state index contributed by atoms with van der Waals surface area (Å²) in [6.07, 6.45) is 0. The van der Waals surface area contributed by atoms with Gasteiger partial charge in [-0.15, -0.1) is 0 Å². The van der Waals surface area contributed by atoms with Crippen LogP contribution in [0.25, 0.3) is 0 Å². The topological polar surface area (TPSA) is 57.5 Å². The first-order valence-electron chi connectivity index (χ1n) is 0.542. The van der Waals surface area contributed by atoms with Crippen molar-refractivity contribution < 1.29 is 70.7 Å². The molecule has 0 aromatic carbocycles. The number of hydrogen-bond donors (Lipinski definition) is 2. The fourth-order valence-corrected chi connectivity index (χ4v) is 0. The summed E-state index contributed by atoms with van der Waals surface area (Å²) in [5.74, 6) is 0. The summed E-state index contributed by atoms with van der Waals surface area (Å²) in [5, 5.41) is 11.0. The fourth-order valence-electron chi connectivity index (χ4n) is 0. The van der Waals surface area contributed by atoms with Crippen LogP contribution in [-0.2, 0) is 27.5 Å². The normalized spacial score (nSPS) is 1.36. The van der Waals surface area contributed by atoms with Gasteiger partial charge in [-0.3, -0.25) is 23.5 Å². The molecule has 0 spiro atoms. The third-order valence-corrected chi connectivity index (χ3v) is 0. The van der Waals surface area contributed by atoms with Crippen molar-refractivity contribution in [1.82, 2.24) is 0 Å². The Kier molecular flexibility index (Phi) is 700000. The van der Waals surface area contributed by atoms with E-state index in [1.807, 2.05) is 0 Å². The maximum absolute atomic E-state index is 8.50. The van der Waals surface area contributed by atoms with Crippen LogP contribution in [-0.4, -0.2) is 10.6 Å². The SMILES string of the molecule is F.F.F.F.F.OF.OF.[O]=[Zr]. The summed E-state index contributed by atoms with van der Waals surface area (Å²) in [6.45, 7) is 0. The molecule has 0 aromatic rings. The van der Waals surface area contributed by atoms with Gasteiger partial charge >= 0.3 is 27.5 Å². The number of halogens is 7. The van der Waals surface area contributed by atoms with Crippen LogP contribution in [0.1, 0.15) is 0 Å². The van der Waals surface area contributed by atoms with E-state index in [1.165, 1.54) is 0 Å². The van der Waals surface area contributed by atoms with Crippen LogP contribution in [0.3, 0.4) is 0 Å². The predicted octanol–water partition coefficient (Wildman–Crippen LogP) is 0.368. The van der Waals surface area contributed by atoms with Crippen molar-refractivity contribution in [3.05, 3.63) is 0 Å². The maximum atomic E-state index is 8.50. The third kappa shape index (κ3) is 52000. The van der Waals surface area contributed by atoms with Gasteiger partial charge in [0.05, 0.1) is 0 Å². The van der Waals surface area contributed by atoms with E-state index in [0.717, 1.165) is 0 Å². The third-order valence-electron chi connectivity index (χ3n) is 0. The molecule has 0 fully saturated rings. The summed E-state index contributed by atoms with van der Waals surface area (Å²) in [5.41, 5.74) is 0. The van der Waals surface area contributed by atoms with Crippen LogP contribution in [0.2, 0.25) is 0 Å². The first-order chi connectivity index (χ1) is 3.00. The Morgan fingerprint density at radius 2 is 0.636 bits per heavy atom. The molecule has 0 saturated heterocycles. The summed E-state index contributed by atoms with van der Waals surface area (Å²) < 4.78 is 25.3. The Labute approximate surface area is 71.3 Å². The Morgan fingerprint density at radius 3 is 0.636 bits per heavy atom. The van der Waals surface area contributed by atoms with Gasteiger partial charge in [-0.1, -0.05) is 9.05 Å². The Hall–Kier alpha value is 0.113. The van der Waals surface area contributed by atoms with E-state index in [0.29, 0.717) is 24.7 Å². The van der Waals surface area contributed by atoms with Crippen molar-refractivity contribution in [2.24, 2.45) is 0 Å². The summed E-state index contributed by atoms with van der Waals surface area (Å²) in [7, 11) is 0. The van der Waals surface area contributed by atoms with Crippen LogP contribution >= 0.6 is 0 Å². The molecule has 2 N–H and O–H groups in total. The summed E-state index contributed by atoms with van der Waals surface area (Å²) in [4.78, 5) is 0. The molecule has 78 valence electrons. The molecule has 0 unspecified atom stereocenters. The zero-order valence-electron chi connectivity index (χ0n) is 4.60. The van der Waals surface area contributed by atoms with Crippen LogP contribution in [0, 0.1) is 0 Å². The van der Waals surface area contributed by atoms with Gasteiger partial charge in [0.2, 0.25) is 0 Å². The average Bonchev–Trinajstić information content (AvgIpc) is 1.81. The molecule has 0 radical (unpaired) electrons. The Bertz CT molecular complexity index is 13.6. The van der Waals surface area contributed by atoms with Crippen molar-refractivity contribution in [2.75, 3.05) is 0 Å². The predicted molar refractivity (Wildman–Crippen MR) is 19.9 cm³/mol. The molecule has 0 atom stereocenters. The van der Waals surface area contributed by atoms with E-state index >= 15 is 0 Å². The molecule has 0 heterocycles. The molecule has 0 aliphatic rings. The van der Waals surface area contributed by atoms with Gasteiger partial charge in [0.25, 0.3) is 0 Å². The van der Waals surface area contributed by atoms with Crippen LogP contribution in [0.4, 0.5) is 32.6 Å². The molecule has 0 aliphatic carbocycles. The van der Waals surface area contributed by atoms with Gasteiger partial charge in [-0.2, -0.15) is 0 Å². The second-order valence-electron chi connectivity index (χ2n) is 0. The van der Waals surface area contributed by atoms with Gasteiger partial charge < -0.3 is 0 Å². The van der Waals surface area contributed by atoms with E-state index in [1.54, 1.807) is 0 Å². The molecule has 0 amide bonds. The van der Waals surface area contributed by atoms with Gasteiger partial charge in [0.1, 0.15) is 0 Å². The second-order valence-corrected chi connectivity index (χ2v) is 0. The molecule has 0 aliphatic heterocycles. The van der Waals surface area contributed by atoms with E-state index in [9.17, 15) is 0 Å². The molecular formula is H7F7O3Zr. The summed E-state index contributed by atoms with van der Waals surface area (Å²) >= 11 is 0.300. The van der Waals surface area contributed by atoms with Crippen LogP contribution in [0.15, 0.2) is 0 Å². The molecule has 11 heavy (non-hydrogen) atoms. The molecule has 11 heteroatoms. The second kappa shape index (κ2) is 65600. The molecular weight excluding hydrogens is 272 g/mol. The first-order valence-corrected chi connectivity index (χ1v) is 1.55. The zero-order chi connectivity index (χ0) is 6.00. The fraction of sp³-hybridized carbons (Fsp3) is 0. The molecule has 0 bridgehead atoms.